The number of amides is 2. The lowest BCUT2D eigenvalue weighted by Gasteiger charge is -2.16. The molecular weight excluding hydrogens is 353 g/mol. The van der Waals surface area contributed by atoms with Crippen molar-refractivity contribution in [1.29, 1.82) is 0 Å². The number of aromatic nitrogens is 1. The molecule has 0 atom stereocenters. The summed E-state index contributed by atoms with van der Waals surface area (Å²) >= 11 is 0. The van der Waals surface area contributed by atoms with Crippen molar-refractivity contribution in [2.75, 3.05) is 5.73 Å². The molecule has 2 amide bonds. The van der Waals surface area contributed by atoms with Crippen LogP contribution in [0.4, 0.5) is 10.2 Å². The fraction of sp³-hybridized carbons (Fsp3) is 0. The Morgan fingerprint density at radius 2 is 1.67 bits per heavy atom. The van der Waals surface area contributed by atoms with Gasteiger partial charge in [-0.05, 0) is 36.4 Å². The highest BCUT2D eigenvalue weighted by Gasteiger charge is 2.32. The molecule has 0 fully saturated rings. The average Bonchev–Trinajstić information content (AvgIpc) is 2.92. The number of nitrogens with two attached hydrogens (primary N) is 1. The SMILES string of the molecule is Nc1c2c(cc(=O)n1-c1ccccc1Oc1ccc(F)cc1)C(=O)NC2=O. The van der Waals surface area contributed by atoms with Crippen molar-refractivity contribution < 1.29 is 18.7 Å². The van der Waals surface area contributed by atoms with Gasteiger partial charge in [0, 0.05) is 6.07 Å². The van der Waals surface area contributed by atoms with E-state index >= 15 is 0 Å². The van der Waals surface area contributed by atoms with E-state index in [0.717, 1.165) is 10.6 Å². The largest absolute Gasteiger partial charge is 0.455 e. The Morgan fingerprint density at radius 1 is 0.963 bits per heavy atom. The maximum absolute atomic E-state index is 13.1. The second-order valence-electron chi connectivity index (χ2n) is 5.80. The number of fused-ring (bicyclic) bond motifs is 1. The van der Waals surface area contributed by atoms with E-state index in [1.54, 1.807) is 24.3 Å². The maximum Gasteiger partial charge on any atom is 0.262 e. The van der Waals surface area contributed by atoms with Gasteiger partial charge in [-0.2, -0.15) is 0 Å². The molecule has 3 N–H and O–H groups in total. The number of rotatable bonds is 3. The Bertz CT molecular complexity index is 1150. The number of carbonyl (C=O) groups is 2. The number of benzene rings is 2. The van der Waals surface area contributed by atoms with Gasteiger partial charge in [0.25, 0.3) is 17.4 Å². The molecule has 3 aromatic rings. The summed E-state index contributed by atoms with van der Waals surface area (Å²) in [7, 11) is 0. The van der Waals surface area contributed by atoms with Crippen molar-refractivity contribution >= 4 is 17.6 Å². The molecule has 0 unspecified atom stereocenters. The minimum Gasteiger partial charge on any atom is -0.455 e. The summed E-state index contributed by atoms with van der Waals surface area (Å²) in [6.45, 7) is 0. The van der Waals surface area contributed by atoms with Gasteiger partial charge in [0.1, 0.15) is 17.4 Å². The molecular formula is C19H12FN3O4. The zero-order valence-corrected chi connectivity index (χ0v) is 13.7. The molecule has 27 heavy (non-hydrogen) atoms. The van der Waals surface area contributed by atoms with Crippen LogP contribution in [0.15, 0.2) is 59.4 Å². The first-order valence-electron chi connectivity index (χ1n) is 7.90. The zero-order chi connectivity index (χ0) is 19.1. The first-order chi connectivity index (χ1) is 13.0. The second kappa shape index (κ2) is 6.10. The van der Waals surface area contributed by atoms with Gasteiger partial charge in [-0.15, -0.1) is 0 Å². The molecule has 1 aromatic heterocycles. The van der Waals surface area contributed by atoms with Crippen molar-refractivity contribution in [3.63, 3.8) is 0 Å². The van der Waals surface area contributed by atoms with E-state index in [1.165, 1.54) is 24.3 Å². The Morgan fingerprint density at radius 3 is 2.41 bits per heavy atom. The average molecular weight is 365 g/mol. The smallest absolute Gasteiger partial charge is 0.262 e. The van der Waals surface area contributed by atoms with Gasteiger partial charge in [-0.1, -0.05) is 12.1 Å². The molecule has 4 rings (SSSR count). The third kappa shape index (κ3) is 2.73. The molecule has 1 aliphatic heterocycles. The van der Waals surface area contributed by atoms with Crippen LogP contribution in [0, 0.1) is 5.82 Å². The van der Waals surface area contributed by atoms with Crippen molar-refractivity contribution in [1.82, 2.24) is 9.88 Å². The summed E-state index contributed by atoms with van der Waals surface area (Å²) in [5.74, 6) is -1.30. The molecule has 0 saturated heterocycles. The van der Waals surface area contributed by atoms with Crippen molar-refractivity contribution in [2.24, 2.45) is 0 Å². The van der Waals surface area contributed by atoms with E-state index in [1.807, 2.05) is 0 Å². The standard InChI is InChI=1S/C19H12FN3O4/c20-10-5-7-11(8-6-10)27-14-4-2-1-3-13(14)23-15(24)9-12-16(17(23)21)19(26)22-18(12)25/h1-9H,21H2,(H,22,25,26). The highest BCUT2D eigenvalue weighted by Crippen LogP contribution is 2.30. The van der Waals surface area contributed by atoms with Crippen LogP contribution in [0.25, 0.3) is 5.69 Å². The van der Waals surface area contributed by atoms with E-state index in [9.17, 15) is 18.8 Å². The van der Waals surface area contributed by atoms with Gasteiger partial charge in [0.2, 0.25) is 0 Å². The van der Waals surface area contributed by atoms with Crippen molar-refractivity contribution in [2.45, 2.75) is 0 Å². The molecule has 1 aliphatic rings. The van der Waals surface area contributed by atoms with Gasteiger partial charge in [-0.3, -0.25) is 24.3 Å². The van der Waals surface area contributed by atoms with E-state index in [-0.39, 0.29) is 28.4 Å². The highest BCUT2D eigenvalue weighted by atomic mass is 19.1. The number of nitrogens with one attached hydrogen (secondary N) is 1. The molecule has 0 radical (unpaired) electrons. The van der Waals surface area contributed by atoms with Crippen LogP contribution < -0.4 is 21.3 Å². The van der Waals surface area contributed by atoms with Gasteiger partial charge in [-0.25, -0.2) is 4.39 Å². The number of para-hydroxylation sites is 2. The van der Waals surface area contributed by atoms with E-state index < -0.39 is 23.2 Å². The Balaban J connectivity index is 1.87. The van der Waals surface area contributed by atoms with E-state index in [2.05, 4.69) is 5.32 Å². The molecule has 7 nitrogen and oxygen atoms in total. The minimum atomic E-state index is -0.668. The molecule has 8 heteroatoms. The van der Waals surface area contributed by atoms with Crippen LogP contribution in [0.3, 0.4) is 0 Å². The zero-order valence-electron chi connectivity index (χ0n) is 13.7. The second-order valence-corrected chi connectivity index (χ2v) is 5.80. The third-order valence-electron chi connectivity index (χ3n) is 4.10. The van der Waals surface area contributed by atoms with Crippen molar-refractivity contribution in [3.8, 4) is 17.2 Å². The minimum absolute atomic E-state index is 0.0591. The van der Waals surface area contributed by atoms with Crippen LogP contribution >= 0.6 is 0 Å². The number of pyridine rings is 1. The summed E-state index contributed by atoms with van der Waals surface area (Å²) in [5.41, 5.74) is 5.61. The summed E-state index contributed by atoms with van der Waals surface area (Å²) in [4.78, 5) is 36.4. The maximum atomic E-state index is 13.1. The Kier molecular flexibility index (Phi) is 3.73. The van der Waals surface area contributed by atoms with Gasteiger partial charge in [0.05, 0.1) is 16.8 Å². The number of carbonyl (C=O) groups excluding carboxylic acids is 2. The number of ether oxygens (including phenoxy) is 1. The molecule has 0 aliphatic carbocycles. The van der Waals surface area contributed by atoms with E-state index in [0.29, 0.717) is 5.75 Å². The van der Waals surface area contributed by atoms with Crippen LogP contribution in [-0.4, -0.2) is 16.4 Å². The lowest BCUT2D eigenvalue weighted by Crippen LogP contribution is -2.24. The quantitative estimate of drug-likeness (QED) is 0.693. The van der Waals surface area contributed by atoms with Gasteiger partial charge in [0.15, 0.2) is 5.75 Å². The Labute approximate surface area is 151 Å². The fourth-order valence-electron chi connectivity index (χ4n) is 2.89. The van der Waals surface area contributed by atoms with E-state index in [4.69, 9.17) is 10.5 Å². The lowest BCUT2D eigenvalue weighted by molar-refractivity contribution is 0.0880. The number of hydrogen-bond donors (Lipinski definition) is 2. The molecule has 0 spiro atoms. The number of hydrogen-bond acceptors (Lipinski definition) is 5. The summed E-state index contributed by atoms with van der Waals surface area (Å²) < 4.78 is 19.9. The molecule has 0 bridgehead atoms. The first kappa shape index (κ1) is 16.5. The van der Waals surface area contributed by atoms with Crippen LogP contribution in [0.1, 0.15) is 20.7 Å². The molecule has 0 saturated carbocycles. The molecule has 2 aromatic carbocycles. The third-order valence-corrected chi connectivity index (χ3v) is 4.10. The van der Waals surface area contributed by atoms with Crippen LogP contribution in [-0.2, 0) is 0 Å². The predicted octanol–water partition coefficient (Wildman–Crippen LogP) is 2.23. The topological polar surface area (TPSA) is 103 Å². The van der Waals surface area contributed by atoms with Crippen LogP contribution in [0.2, 0.25) is 0 Å². The number of imide groups is 1. The fourth-order valence-corrected chi connectivity index (χ4v) is 2.89. The number of halogens is 1. The number of nitrogens with zero attached hydrogens (tertiary/aromatic N) is 1. The lowest BCUT2D eigenvalue weighted by atomic mass is 10.1. The molecule has 134 valence electrons. The summed E-state index contributed by atoms with van der Waals surface area (Å²) in [6, 6.07) is 12.9. The highest BCUT2D eigenvalue weighted by molar-refractivity contribution is 6.23. The van der Waals surface area contributed by atoms with Crippen molar-refractivity contribution in [3.05, 3.63) is 81.9 Å². The summed E-state index contributed by atoms with van der Waals surface area (Å²) in [5, 5.41) is 2.11. The van der Waals surface area contributed by atoms with Gasteiger partial charge < -0.3 is 10.5 Å². The monoisotopic (exact) mass is 365 g/mol. The van der Waals surface area contributed by atoms with Gasteiger partial charge >= 0.3 is 0 Å². The normalized spacial score (nSPS) is 12.6. The first-order valence-corrected chi connectivity index (χ1v) is 7.90. The number of anilines is 1. The Hall–Kier alpha value is -3.94. The molecule has 2 heterocycles. The summed E-state index contributed by atoms with van der Waals surface area (Å²) in [6.07, 6.45) is 0. The number of nitrogen functional groups attached to an aromatic ring is 1. The predicted molar refractivity (Wildman–Crippen MR) is 94.7 cm³/mol. The van der Waals surface area contributed by atoms with Crippen LogP contribution in [0.5, 0.6) is 11.5 Å².